The summed E-state index contributed by atoms with van der Waals surface area (Å²) in [6, 6.07) is 0. The van der Waals surface area contributed by atoms with Gasteiger partial charge in [-0.15, -0.1) is 0 Å². The Bertz CT molecular complexity index is 128. The summed E-state index contributed by atoms with van der Waals surface area (Å²) in [6.07, 6.45) is 6.69. The van der Waals surface area contributed by atoms with Crippen LogP contribution in [0, 0.1) is 11.8 Å². The second-order valence-corrected chi connectivity index (χ2v) is 2.81. The van der Waals surface area contributed by atoms with Crippen molar-refractivity contribution in [1.29, 1.82) is 0 Å². The number of hydrogen-bond acceptors (Lipinski definition) is 1. The van der Waals surface area contributed by atoms with Crippen molar-refractivity contribution in [2.75, 3.05) is 0 Å². The maximum atomic E-state index is 9.18. The molecule has 0 aromatic heterocycles. The maximum Gasteiger partial charge on any atom is 0.0634 e. The first kappa shape index (κ1) is 4.57. The van der Waals surface area contributed by atoms with Gasteiger partial charge in [0.25, 0.3) is 0 Å². The predicted octanol–water partition coefficient (Wildman–Crippen LogP) is 0.943. The molecule has 3 aliphatic rings. The normalized spacial score (nSPS) is 50.9. The molecule has 0 heterocycles. The van der Waals surface area contributed by atoms with Gasteiger partial charge in [0.05, 0.1) is 6.10 Å². The molecule has 0 aliphatic heterocycles. The molecule has 0 aromatic carbocycles. The van der Waals surface area contributed by atoms with Gasteiger partial charge in [0, 0.05) is 5.92 Å². The van der Waals surface area contributed by atoms with E-state index in [2.05, 4.69) is 12.2 Å². The zero-order chi connectivity index (χ0) is 5.56. The van der Waals surface area contributed by atoms with Crippen molar-refractivity contribution in [3.05, 3.63) is 12.2 Å². The van der Waals surface area contributed by atoms with Gasteiger partial charge in [-0.25, -0.2) is 0 Å². The van der Waals surface area contributed by atoms with E-state index < -0.39 is 0 Å². The molecule has 1 nitrogen and oxygen atoms in total. The molecule has 2 bridgehead atoms. The van der Waals surface area contributed by atoms with E-state index in [1.54, 1.807) is 0 Å². The Balaban J connectivity index is 2.18. The van der Waals surface area contributed by atoms with E-state index in [1.807, 2.05) is 0 Å². The van der Waals surface area contributed by atoms with Crippen LogP contribution in [0.5, 0.6) is 0 Å². The van der Waals surface area contributed by atoms with Crippen molar-refractivity contribution in [3.8, 4) is 0 Å². The minimum Gasteiger partial charge on any atom is -0.392 e. The highest BCUT2D eigenvalue weighted by Gasteiger charge is 2.39. The first-order valence-electron chi connectivity index (χ1n) is 3.22. The van der Waals surface area contributed by atoms with Crippen LogP contribution < -0.4 is 0 Å². The monoisotopic (exact) mass is 110 g/mol. The number of rotatable bonds is 0. The smallest absolute Gasteiger partial charge is 0.0634 e. The number of fused-ring (bicyclic) bond motifs is 1. The summed E-state index contributed by atoms with van der Waals surface area (Å²) >= 11 is 0. The Morgan fingerprint density at radius 1 is 1.50 bits per heavy atom. The quantitative estimate of drug-likeness (QED) is 0.460. The van der Waals surface area contributed by atoms with Gasteiger partial charge in [0.15, 0.2) is 0 Å². The zero-order valence-electron chi connectivity index (χ0n) is 4.75. The molecule has 0 amide bonds. The molecule has 3 aliphatic carbocycles. The number of aliphatic hydroxyl groups excluding tert-OH is 1. The molecule has 44 valence electrons. The van der Waals surface area contributed by atoms with Gasteiger partial charge < -0.3 is 5.11 Å². The van der Waals surface area contributed by atoms with E-state index >= 15 is 0 Å². The molecule has 1 N–H and O–H groups in total. The molecular weight excluding hydrogens is 100 g/mol. The van der Waals surface area contributed by atoms with Crippen molar-refractivity contribution >= 4 is 0 Å². The van der Waals surface area contributed by atoms with E-state index in [9.17, 15) is 5.11 Å². The lowest BCUT2D eigenvalue weighted by Crippen LogP contribution is -2.42. The molecule has 3 unspecified atom stereocenters. The molecule has 0 radical (unpaired) electrons. The van der Waals surface area contributed by atoms with Crippen LogP contribution in [0.4, 0.5) is 0 Å². The van der Waals surface area contributed by atoms with Crippen LogP contribution >= 0.6 is 0 Å². The van der Waals surface area contributed by atoms with Crippen LogP contribution in [0.2, 0.25) is 0 Å². The highest BCUT2D eigenvalue weighted by atomic mass is 16.3. The summed E-state index contributed by atoms with van der Waals surface area (Å²) < 4.78 is 0. The van der Waals surface area contributed by atoms with E-state index in [-0.39, 0.29) is 6.10 Å². The molecule has 1 saturated carbocycles. The summed E-state index contributed by atoms with van der Waals surface area (Å²) in [5, 5.41) is 9.18. The van der Waals surface area contributed by atoms with Crippen LogP contribution in [0.25, 0.3) is 0 Å². The Labute approximate surface area is 49.0 Å². The third-order valence-corrected chi connectivity index (χ3v) is 2.32. The van der Waals surface area contributed by atoms with Crippen molar-refractivity contribution in [2.24, 2.45) is 11.8 Å². The van der Waals surface area contributed by atoms with Gasteiger partial charge in [-0.05, 0) is 18.8 Å². The Hall–Kier alpha value is -0.300. The highest BCUT2D eigenvalue weighted by Crippen LogP contribution is 2.41. The van der Waals surface area contributed by atoms with E-state index in [1.165, 1.54) is 6.42 Å². The average molecular weight is 110 g/mol. The SMILES string of the molecule is OC1C2C=CCC1C2. The molecule has 8 heavy (non-hydrogen) atoms. The molecule has 0 spiro atoms. The topological polar surface area (TPSA) is 20.2 Å². The van der Waals surface area contributed by atoms with Crippen LogP contribution in [-0.4, -0.2) is 11.2 Å². The minimum atomic E-state index is 0.0139. The van der Waals surface area contributed by atoms with Gasteiger partial charge in [-0.1, -0.05) is 12.2 Å². The van der Waals surface area contributed by atoms with E-state index in [0.717, 1.165) is 6.42 Å². The van der Waals surface area contributed by atoms with Gasteiger partial charge in [0.2, 0.25) is 0 Å². The summed E-state index contributed by atoms with van der Waals surface area (Å²) in [5.74, 6) is 1.14. The second-order valence-electron chi connectivity index (χ2n) is 2.81. The molecule has 3 rings (SSSR count). The predicted molar refractivity (Wildman–Crippen MR) is 31.4 cm³/mol. The standard InChI is InChI=1S/C7H10O/c8-7-5-2-1-3-6(7)4-5/h1-2,5-8H,3-4H2. The summed E-state index contributed by atoms with van der Waals surface area (Å²) in [5.41, 5.74) is 0. The maximum absolute atomic E-state index is 9.18. The van der Waals surface area contributed by atoms with Crippen LogP contribution in [0.1, 0.15) is 12.8 Å². The number of aliphatic hydroxyl groups is 1. The molecule has 3 atom stereocenters. The van der Waals surface area contributed by atoms with Gasteiger partial charge in [0.1, 0.15) is 0 Å². The number of hydrogen-bond donors (Lipinski definition) is 1. The third kappa shape index (κ3) is 0.402. The average Bonchev–Trinajstić information content (AvgIpc) is 1.89. The third-order valence-electron chi connectivity index (χ3n) is 2.32. The molecule has 1 heteroatoms. The lowest BCUT2D eigenvalue weighted by Gasteiger charge is -2.42. The molecular formula is C7H10O. The van der Waals surface area contributed by atoms with Crippen molar-refractivity contribution in [1.82, 2.24) is 0 Å². The lowest BCUT2D eigenvalue weighted by molar-refractivity contribution is -0.0243. The first-order chi connectivity index (χ1) is 3.88. The fourth-order valence-electron chi connectivity index (χ4n) is 1.64. The lowest BCUT2D eigenvalue weighted by atomic mass is 9.67. The fourth-order valence-corrected chi connectivity index (χ4v) is 1.64. The fraction of sp³-hybridized carbons (Fsp3) is 0.714. The van der Waals surface area contributed by atoms with Gasteiger partial charge in [-0.2, -0.15) is 0 Å². The van der Waals surface area contributed by atoms with Crippen LogP contribution in [0.3, 0.4) is 0 Å². The number of allylic oxidation sites excluding steroid dienone is 1. The molecule has 0 saturated heterocycles. The minimum absolute atomic E-state index is 0.0139. The van der Waals surface area contributed by atoms with E-state index in [0.29, 0.717) is 11.8 Å². The van der Waals surface area contributed by atoms with Gasteiger partial charge >= 0.3 is 0 Å². The van der Waals surface area contributed by atoms with Crippen molar-refractivity contribution in [2.45, 2.75) is 18.9 Å². The summed E-state index contributed by atoms with van der Waals surface area (Å²) in [6.45, 7) is 0. The largest absolute Gasteiger partial charge is 0.392 e. The molecule has 1 fully saturated rings. The van der Waals surface area contributed by atoms with Gasteiger partial charge in [-0.3, -0.25) is 0 Å². The summed E-state index contributed by atoms with van der Waals surface area (Å²) in [4.78, 5) is 0. The van der Waals surface area contributed by atoms with Crippen molar-refractivity contribution in [3.63, 3.8) is 0 Å². The summed E-state index contributed by atoms with van der Waals surface area (Å²) in [7, 11) is 0. The van der Waals surface area contributed by atoms with Crippen molar-refractivity contribution < 1.29 is 5.11 Å². The zero-order valence-corrected chi connectivity index (χ0v) is 4.75. The second kappa shape index (κ2) is 1.35. The Morgan fingerprint density at radius 3 is 2.62 bits per heavy atom. The Morgan fingerprint density at radius 2 is 2.38 bits per heavy atom. The van der Waals surface area contributed by atoms with Crippen LogP contribution in [0.15, 0.2) is 12.2 Å². The van der Waals surface area contributed by atoms with Crippen LogP contribution in [-0.2, 0) is 0 Å². The highest BCUT2D eigenvalue weighted by molar-refractivity contribution is 5.09. The Kier molecular flexibility index (Phi) is 0.770. The first-order valence-corrected chi connectivity index (χ1v) is 3.22. The van der Waals surface area contributed by atoms with E-state index in [4.69, 9.17) is 0 Å². The molecule has 0 aromatic rings.